The van der Waals surface area contributed by atoms with Crippen molar-refractivity contribution in [1.29, 1.82) is 0 Å². The highest BCUT2D eigenvalue weighted by Gasteiger charge is 2.31. The number of hydrogen-bond acceptors (Lipinski definition) is 4. The number of thiophene rings is 1. The van der Waals surface area contributed by atoms with Crippen LogP contribution in [0.25, 0.3) is 0 Å². The number of hydrogen-bond donors (Lipinski definition) is 2. The molecule has 1 saturated carbocycles. The van der Waals surface area contributed by atoms with Gasteiger partial charge in [0.05, 0.1) is 0 Å². The fourth-order valence-electron chi connectivity index (χ4n) is 2.74. The normalized spacial score (nSPS) is 18.9. The highest BCUT2D eigenvalue weighted by molar-refractivity contribution is 7.89. The van der Waals surface area contributed by atoms with Crippen molar-refractivity contribution in [3.05, 3.63) is 15.8 Å². The van der Waals surface area contributed by atoms with Crippen molar-refractivity contribution >= 4 is 21.4 Å². The van der Waals surface area contributed by atoms with Crippen molar-refractivity contribution in [2.75, 3.05) is 6.54 Å². The molecule has 1 aromatic heterocycles. The van der Waals surface area contributed by atoms with E-state index in [0.717, 1.165) is 23.3 Å². The van der Waals surface area contributed by atoms with Crippen LogP contribution in [-0.4, -0.2) is 15.0 Å². The minimum absolute atomic E-state index is 0.111. The average molecular weight is 302 g/mol. The van der Waals surface area contributed by atoms with E-state index in [2.05, 4.69) is 11.6 Å². The van der Waals surface area contributed by atoms with Crippen molar-refractivity contribution in [3.8, 4) is 0 Å². The summed E-state index contributed by atoms with van der Waals surface area (Å²) in [6.07, 6.45) is 4.59. The summed E-state index contributed by atoms with van der Waals surface area (Å²) in [5, 5.41) is 1.86. The van der Waals surface area contributed by atoms with Crippen molar-refractivity contribution in [2.45, 2.75) is 51.0 Å². The van der Waals surface area contributed by atoms with Crippen molar-refractivity contribution in [1.82, 2.24) is 4.72 Å². The van der Waals surface area contributed by atoms with E-state index in [0.29, 0.717) is 11.4 Å². The molecule has 3 N–H and O–H groups in total. The number of nitrogens with two attached hydrogens (primary N) is 1. The Bertz CT molecular complexity index is 543. The van der Waals surface area contributed by atoms with Gasteiger partial charge in [0.25, 0.3) is 0 Å². The molecule has 4 nitrogen and oxygen atoms in total. The third-order valence-electron chi connectivity index (χ3n) is 3.94. The van der Waals surface area contributed by atoms with E-state index in [-0.39, 0.29) is 12.0 Å². The molecule has 0 spiro atoms. The fraction of sp³-hybridized carbons (Fsp3) is 0.692. The Morgan fingerprint density at radius 2 is 2.05 bits per heavy atom. The zero-order valence-electron chi connectivity index (χ0n) is 11.5. The Morgan fingerprint density at radius 1 is 1.42 bits per heavy atom. The maximum Gasteiger partial charge on any atom is 0.242 e. The van der Waals surface area contributed by atoms with Crippen LogP contribution < -0.4 is 10.5 Å². The predicted molar refractivity (Wildman–Crippen MR) is 78.7 cm³/mol. The van der Waals surface area contributed by atoms with Gasteiger partial charge in [0.1, 0.15) is 4.90 Å². The SMILES string of the molecule is Cc1csc(CN)c1S(=O)(=O)NCC1(C)CCCC1. The summed E-state index contributed by atoms with van der Waals surface area (Å²) in [6.45, 7) is 4.77. The lowest BCUT2D eigenvalue weighted by molar-refractivity contribution is 0.336. The topological polar surface area (TPSA) is 72.2 Å². The van der Waals surface area contributed by atoms with Gasteiger partial charge in [0.15, 0.2) is 0 Å². The molecule has 0 amide bonds. The van der Waals surface area contributed by atoms with Gasteiger partial charge in [-0.15, -0.1) is 11.3 Å². The van der Waals surface area contributed by atoms with Gasteiger partial charge < -0.3 is 5.73 Å². The molecular weight excluding hydrogens is 280 g/mol. The maximum atomic E-state index is 12.4. The number of sulfonamides is 1. The Balaban J connectivity index is 2.16. The Hall–Kier alpha value is -0.430. The average Bonchev–Trinajstić information content (AvgIpc) is 2.94. The lowest BCUT2D eigenvalue weighted by Gasteiger charge is -2.23. The van der Waals surface area contributed by atoms with Gasteiger partial charge in [-0.2, -0.15) is 0 Å². The number of rotatable bonds is 5. The van der Waals surface area contributed by atoms with Gasteiger partial charge in [0, 0.05) is 18.0 Å². The second kappa shape index (κ2) is 5.52. The standard InChI is InChI=1S/C13H22N2O2S2/c1-10-8-18-11(7-14)12(10)19(16,17)15-9-13(2)5-3-4-6-13/h8,15H,3-7,9,14H2,1-2H3. The molecule has 0 aromatic carbocycles. The lowest BCUT2D eigenvalue weighted by Crippen LogP contribution is -2.34. The summed E-state index contributed by atoms with van der Waals surface area (Å²) in [5.41, 5.74) is 6.52. The number of aryl methyl sites for hydroxylation is 1. The third kappa shape index (κ3) is 3.18. The van der Waals surface area contributed by atoms with Gasteiger partial charge in [-0.1, -0.05) is 19.8 Å². The first-order valence-corrected chi connectivity index (χ1v) is 9.01. The van der Waals surface area contributed by atoms with Crippen LogP contribution in [-0.2, 0) is 16.6 Å². The molecule has 0 radical (unpaired) electrons. The van der Waals surface area contributed by atoms with Gasteiger partial charge >= 0.3 is 0 Å². The summed E-state index contributed by atoms with van der Waals surface area (Å²) in [5.74, 6) is 0. The molecule has 19 heavy (non-hydrogen) atoms. The third-order valence-corrected chi connectivity index (χ3v) is 6.83. The minimum atomic E-state index is -3.44. The summed E-state index contributed by atoms with van der Waals surface area (Å²) < 4.78 is 27.6. The highest BCUT2D eigenvalue weighted by Crippen LogP contribution is 2.37. The molecule has 1 aliphatic rings. The first kappa shape index (κ1) is 15.0. The summed E-state index contributed by atoms with van der Waals surface area (Å²) in [7, 11) is -3.44. The lowest BCUT2D eigenvalue weighted by atomic mass is 9.89. The van der Waals surface area contributed by atoms with Crippen LogP contribution in [0, 0.1) is 12.3 Å². The van der Waals surface area contributed by atoms with E-state index in [9.17, 15) is 8.42 Å². The van der Waals surface area contributed by atoms with E-state index in [1.54, 1.807) is 0 Å². The van der Waals surface area contributed by atoms with Gasteiger partial charge in [-0.25, -0.2) is 13.1 Å². The maximum absolute atomic E-state index is 12.4. The molecule has 6 heteroatoms. The van der Waals surface area contributed by atoms with E-state index in [1.165, 1.54) is 24.2 Å². The molecule has 0 atom stereocenters. The van der Waals surface area contributed by atoms with Gasteiger partial charge in [-0.3, -0.25) is 0 Å². The molecule has 1 fully saturated rings. The molecule has 0 unspecified atom stereocenters. The van der Waals surface area contributed by atoms with Crippen LogP contribution in [0.4, 0.5) is 0 Å². The molecule has 1 aliphatic carbocycles. The van der Waals surface area contributed by atoms with E-state index >= 15 is 0 Å². The minimum Gasteiger partial charge on any atom is -0.326 e. The first-order valence-electron chi connectivity index (χ1n) is 6.65. The van der Waals surface area contributed by atoms with E-state index < -0.39 is 10.0 Å². The van der Waals surface area contributed by atoms with Crippen LogP contribution in [0.1, 0.15) is 43.0 Å². The van der Waals surface area contributed by atoms with Crippen molar-refractivity contribution < 1.29 is 8.42 Å². The molecular formula is C13H22N2O2S2. The van der Waals surface area contributed by atoms with Crippen LogP contribution >= 0.6 is 11.3 Å². The molecule has 0 bridgehead atoms. The molecule has 1 heterocycles. The Labute approximate surface area is 119 Å². The number of nitrogens with one attached hydrogen (secondary N) is 1. The highest BCUT2D eigenvalue weighted by atomic mass is 32.2. The Morgan fingerprint density at radius 3 is 2.63 bits per heavy atom. The van der Waals surface area contributed by atoms with Crippen molar-refractivity contribution in [2.24, 2.45) is 11.1 Å². The quantitative estimate of drug-likeness (QED) is 0.877. The Kier molecular flexibility index (Phi) is 4.35. The second-order valence-corrected chi connectivity index (χ2v) is 8.39. The van der Waals surface area contributed by atoms with Gasteiger partial charge in [0.2, 0.25) is 10.0 Å². The van der Waals surface area contributed by atoms with Crippen LogP contribution in [0.2, 0.25) is 0 Å². The molecule has 1 aromatic rings. The molecule has 0 saturated heterocycles. The van der Waals surface area contributed by atoms with Crippen LogP contribution in [0.3, 0.4) is 0 Å². The van der Waals surface area contributed by atoms with Crippen LogP contribution in [0.5, 0.6) is 0 Å². The van der Waals surface area contributed by atoms with E-state index in [1.807, 2.05) is 12.3 Å². The van der Waals surface area contributed by atoms with Crippen LogP contribution in [0.15, 0.2) is 10.3 Å². The largest absolute Gasteiger partial charge is 0.326 e. The smallest absolute Gasteiger partial charge is 0.242 e. The predicted octanol–water partition coefficient (Wildman–Crippen LogP) is 2.37. The summed E-state index contributed by atoms with van der Waals surface area (Å²) in [4.78, 5) is 1.13. The zero-order valence-corrected chi connectivity index (χ0v) is 13.2. The van der Waals surface area contributed by atoms with Gasteiger partial charge in [-0.05, 0) is 36.1 Å². The summed E-state index contributed by atoms with van der Waals surface area (Å²) >= 11 is 1.42. The molecule has 108 valence electrons. The van der Waals surface area contributed by atoms with Crippen molar-refractivity contribution in [3.63, 3.8) is 0 Å². The fourth-order valence-corrected chi connectivity index (χ4v) is 5.63. The zero-order chi connectivity index (χ0) is 14.1. The second-order valence-electron chi connectivity index (χ2n) is 5.72. The van der Waals surface area contributed by atoms with E-state index in [4.69, 9.17) is 5.73 Å². The molecule has 0 aliphatic heterocycles. The first-order chi connectivity index (χ1) is 8.88. The molecule has 2 rings (SSSR count). The summed E-state index contributed by atoms with van der Waals surface area (Å²) in [6, 6.07) is 0. The monoisotopic (exact) mass is 302 g/mol.